The number of hydrogen-bond acceptors (Lipinski definition) is 4. The summed E-state index contributed by atoms with van der Waals surface area (Å²) in [7, 11) is 1.94. The monoisotopic (exact) mass is 334 g/mol. The molecule has 0 saturated carbocycles. The van der Waals surface area contributed by atoms with Crippen molar-refractivity contribution in [2.24, 2.45) is 7.05 Å². The molecule has 1 fully saturated rings. The third-order valence-electron chi connectivity index (χ3n) is 4.32. The van der Waals surface area contributed by atoms with E-state index in [1.807, 2.05) is 42.2 Å². The summed E-state index contributed by atoms with van der Waals surface area (Å²) in [6, 6.07) is 7.52. The van der Waals surface area contributed by atoms with Gasteiger partial charge in [-0.15, -0.1) is 0 Å². The molecule has 1 aromatic carbocycles. The molecule has 1 aliphatic heterocycles. The number of aliphatic hydroxyl groups is 1. The fraction of sp³-hybridized carbons (Fsp3) is 0.471. The van der Waals surface area contributed by atoms with Crippen molar-refractivity contribution in [3.63, 3.8) is 0 Å². The average molecular weight is 335 g/mol. The summed E-state index contributed by atoms with van der Waals surface area (Å²) in [6.45, 7) is 5.50. The summed E-state index contributed by atoms with van der Waals surface area (Å²) in [5.74, 6) is 0. The third kappa shape index (κ3) is 4.32. The third-order valence-corrected chi connectivity index (χ3v) is 4.67. The van der Waals surface area contributed by atoms with Gasteiger partial charge in [0, 0.05) is 68.7 Å². The molecule has 1 saturated heterocycles. The quantitative estimate of drug-likeness (QED) is 0.907. The van der Waals surface area contributed by atoms with Crippen molar-refractivity contribution >= 4 is 11.6 Å². The minimum Gasteiger partial charge on any atom is -0.387 e. The first kappa shape index (κ1) is 16.5. The van der Waals surface area contributed by atoms with Crippen molar-refractivity contribution < 1.29 is 5.11 Å². The maximum Gasteiger partial charge on any atom is 0.0931 e. The van der Waals surface area contributed by atoms with Crippen LogP contribution in [0.1, 0.15) is 17.2 Å². The van der Waals surface area contributed by atoms with E-state index in [4.69, 9.17) is 11.6 Å². The zero-order valence-corrected chi connectivity index (χ0v) is 14.2. The van der Waals surface area contributed by atoms with Gasteiger partial charge >= 0.3 is 0 Å². The molecule has 2 heterocycles. The first-order valence-corrected chi connectivity index (χ1v) is 8.34. The van der Waals surface area contributed by atoms with Gasteiger partial charge in [-0.3, -0.25) is 14.5 Å². The van der Waals surface area contributed by atoms with Crippen molar-refractivity contribution in [2.75, 3.05) is 32.7 Å². The van der Waals surface area contributed by atoms with Gasteiger partial charge in [-0.1, -0.05) is 29.8 Å². The molecule has 1 N–H and O–H groups in total. The summed E-state index contributed by atoms with van der Waals surface area (Å²) < 4.78 is 1.84. The molecule has 1 aromatic heterocycles. The van der Waals surface area contributed by atoms with Crippen LogP contribution < -0.4 is 0 Å². The molecular weight excluding hydrogens is 312 g/mol. The van der Waals surface area contributed by atoms with Gasteiger partial charge in [0.15, 0.2) is 0 Å². The van der Waals surface area contributed by atoms with Crippen LogP contribution in [0.25, 0.3) is 0 Å². The zero-order chi connectivity index (χ0) is 16.2. The molecule has 1 atom stereocenters. The number of β-amino-alcohol motifs (C(OH)–C–C–N with tert-alkyl or cyclic N) is 1. The lowest BCUT2D eigenvalue weighted by molar-refractivity contribution is 0.0701. The van der Waals surface area contributed by atoms with Gasteiger partial charge in [-0.2, -0.15) is 5.10 Å². The Morgan fingerprint density at radius 2 is 1.87 bits per heavy atom. The fourth-order valence-electron chi connectivity index (χ4n) is 3.03. The predicted molar refractivity (Wildman–Crippen MR) is 91.3 cm³/mol. The van der Waals surface area contributed by atoms with Crippen LogP contribution in [-0.4, -0.2) is 57.4 Å². The zero-order valence-electron chi connectivity index (χ0n) is 13.4. The summed E-state index contributed by atoms with van der Waals surface area (Å²) in [6.07, 6.45) is 3.45. The number of benzene rings is 1. The van der Waals surface area contributed by atoms with Gasteiger partial charge in [0.25, 0.3) is 0 Å². The number of hydrogen-bond donors (Lipinski definition) is 1. The Balaban J connectivity index is 1.48. The maximum atomic E-state index is 10.4. The second-order valence-corrected chi connectivity index (χ2v) is 6.54. The van der Waals surface area contributed by atoms with E-state index in [-0.39, 0.29) is 0 Å². The molecule has 0 spiro atoms. The average Bonchev–Trinajstić information content (AvgIpc) is 2.95. The van der Waals surface area contributed by atoms with Crippen molar-refractivity contribution in [3.05, 3.63) is 52.8 Å². The minimum atomic E-state index is -0.534. The molecule has 124 valence electrons. The number of piperazine rings is 1. The Bertz CT molecular complexity index is 637. The highest BCUT2D eigenvalue weighted by molar-refractivity contribution is 6.31. The van der Waals surface area contributed by atoms with E-state index in [1.54, 1.807) is 0 Å². The highest BCUT2D eigenvalue weighted by Crippen LogP contribution is 2.23. The first-order valence-electron chi connectivity index (χ1n) is 7.96. The normalized spacial score (nSPS) is 18.2. The van der Waals surface area contributed by atoms with Crippen LogP contribution in [0.5, 0.6) is 0 Å². The Hall–Kier alpha value is -1.40. The number of aliphatic hydroxyl groups excluding tert-OH is 1. The second kappa shape index (κ2) is 7.45. The maximum absolute atomic E-state index is 10.4. The Morgan fingerprint density at radius 1 is 1.17 bits per heavy atom. The molecule has 0 unspecified atom stereocenters. The molecule has 23 heavy (non-hydrogen) atoms. The summed E-state index contributed by atoms with van der Waals surface area (Å²) in [5.41, 5.74) is 2.06. The Labute approximate surface area is 142 Å². The number of nitrogens with zero attached hydrogens (tertiary/aromatic N) is 4. The van der Waals surface area contributed by atoms with Crippen LogP contribution in [-0.2, 0) is 13.6 Å². The lowest BCUT2D eigenvalue weighted by Gasteiger charge is -2.35. The molecule has 0 aliphatic carbocycles. The highest BCUT2D eigenvalue weighted by Gasteiger charge is 2.21. The van der Waals surface area contributed by atoms with Crippen molar-refractivity contribution in [1.82, 2.24) is 19.6 Å². The van der Waals surface area contributed by atoms with Gasteiger partial charge in [-0.05, 0) is 6.07 Å². The molecule has 3 rings (SSSR count). The topological polar surface area (TPSA) is 44.5 Å². The molecular formula is C17H23ClN4O. The van der Waals surface area contributed by atoms with Crippen molar-refractivity contribution in [1.29, 1.82) is 0 Å². The predicted octanol–water partition coefficient (Wildman–Crippen LogP) is 1.92. The Kier molecular flexibility index (Phi) is 5.33. The van der Waals surface area contributed by atoms with Gasteiger partial charge in [0.05, 0.1) is 12.3 Å². The largest absolute Gasteiger partial charge is 0.387 e. The van der Waals surface area contributed by atoms with Crippen LogP contribution in [0.2, 0.25) is 5.02 Å². The molecule has 0 bridgehead atoms. The van der Waals surface area contributed by atoms with Crippen molar-refractivity contribution in [2.45, 2.75) is 12.6 Å². The van der Waals surface area contributed by atoms with Crippen LogP contribution in [0, 0.1) is 0 Å². The van der Waals surface area contributed by atoms with E-state index in [2.05, 4.69) is 21.1 Å². The van der Waals surface area contributed by atoms with Gasteiger partial charge in [0.2, 0.25) is 0 Å². The van der Waals surface area contributed by atoms with Crippen LogP contribution in [0.4, 0.5) is 0 Å². The van der Waals surface area contributed by atoms with E-state index in [0.29, 0.717) is 11.6 Å². The number of rotatable bonds is 5. The van der Waals surface area contributed by atoms with Crippen LogP contribution >= 0.6 is 11.6 Å². The molecule has 0 amide bonds. The lowest BCUT2D eigenvalue weighted by atomic mass is 10.1. The molecule has 5 nitrogen and oxygen atoms in total. The Morgan fingerprint density at radius 3 is 2.52 bits per heavy atom. The number of halogens is 1. The van der Waals surface area contributed by atoms with E-state index in [0.717, 1.165) is 38.3 Å². The smallest absolute Gasteiger partial charge is 0.0931 e. The molecule has 1 aliphatic rings. The van der Waals surface area contributed by atoms with Crippen LogP contribution in [0.3, 0.4) is 0 Å². The minimum absolute atomic E-state index is 0.534. The van der Waals surface area contributed by atoms with Crippen LogP contribution in [0.15, 0.2) is 36.7 Å². The van der Waals surface area contributed by atoms with E-state index >= 15 is 0 Å². The van der Waals surface area contributed by atoms with Crippen molar-refractivity contribution in [3.8, 4) is 0 Å². The van der Waals surface area contributed by atoms with Gasteiger partial charge < -0.3 is 5.11 Å². The second-order valence-electron chi connectivity index (χ2n) is 6.14. The standard InChI is InChI=1S/C17H23ClN4O/c1-20-11-14(10-19-20)12-21-6-8-22(9-7-21)13-17(23)15-4-2-3-5-16(15)18/h2-5,10-11,17,23H,6-9,12-13H2,1H3/t17-/m0/s1. The number of aryl methyl sites for hydroxylation is 1. The van der Waals surface area contributed by atoms with E-state index in [9.17, 15) is 5.11 Å². The molecule has 0 radical (unpaired) electrons. The fourth-order valence-corrected chi connectivity index (χ4v) is 3.29. The van der Waals surface area contributed by atoms with E-state index in [1.165, 1.54) is 5.56 Å². The SMILES string of the molecule is Cn1cc(CN2CCN(C[C@H](O)c3ccccc3Cl)CC2)cn1. The number of aromatic nitrogens is 2. The van der Waals surface area contributed by atoms with Gasteiger partial charge in [0.1, 0.15) is 0 Å². The highest BCUT2D eigenvalue weighted by atomic mass is 35.5. The lowest BCUT2D eigenvalue weighted by Crippen LogP contribution is -2.47. The molecule has 2 aromatic rings. The van der Waals surface area contributed by atoms with Gasteiger partial charge in [-0.25, -0.2) is 0 Å². The summed E-state index contributed by atoms with van der Waals surface area (Å²) in [4.78, 5) is 4.73. The summed E-state index contributed by atoms with van der Waals surface area (Å²) >= 11 is 6.16. The first-order chi connectivity index (χ1) is 11.1. The molecule has 6 heteroatoms. The summed E-state index contributed by atoms with van der Waals surface area (Å²) in [5, 5.41) is 15.3. The van der Waals surface area contributed by atoms with E-state index < -0.39 is 6.10 Å².